The van der Waals surface area contributed by atoms with Gasteiger partial charge in [-0.05, 0) is 72.0 Å². The van der Waals surface area contributed by atoms with Crippen LogP contribution in [0.1, 0.15) is 57.0 Å². The molecule has 27 heavy (non-hydrogen) atoms. The normalized spacial score (nSPS) is 17.5. The Morgan fingerprint density at radius 1 is 1.22 bits per heavy atom. The van der Waals surface area contributed by atoms with Crippen molar-refractivity contribution in [2.45, 2.75) is 72.4 Å². The van der Waals surface area contributed by atoms with Gasteiger partial charge in [-0.3, -0.25) is 14.6 Å². The van der Waals surface area contributed by atoms with Gasteiger partial charge in [-0.1, -0.05) is 6.92 Å². The van der Waals surface area contributed by atoms with Crippen LogP contribution in [0.2, 0.25) is 0 Å². The number of likely N-dealkylation sites (tertiary alicyclic amines) is 1. The number of guanidine groups is 1. The number of aryl methyl sites for hydroxylation is 2. The number of rotatable bonds is 8. The van der Waals surface area contributed by atoms with Crippen molar-refractivity contribution in [2.24, 2.45) is 12.0 Å². The van der Waals surface area contributed by atoms with Crippen molar-refractivity contribution in [3.8, 4) is 0 Å². The van der Waals surface area contributed by atoms with Crippen molar-refractivity contribution in [2.75, 3.05) is 26.2 Å². The van der Waals surface area contributed by atoms with Gasteiger partial charge in [0.1, 0.15) is 0 Å². The van der Waals surface area contributed by atoms with Crippen LogP contribution in [0, 0.1) is 13.8 Å². The minimum absolute atomic E-state index is 0. The maximum atomic E-state index is 4.89. The van der Waals surface area contributed by atoms with Gasteiger partial charge in [0.15, 0.2) is 5.96 Å². The lowest BCUT2D eigenvalue weighted by atomic mass is 10.1. The molecule has 1 saturated heterocycles. The Balaban J connectivity index is 0.00000364. The number of aromatic nitrogens is 2. The summed E-state index contributed by atoms with van der Waals surface area (Å²) < 4.78 is 1.97. The summed E-state index contributed by atoms with van der Waals surface area (Å²) in [7, 11) is 2.01. The van der Waals surface area contributed by atoms with E-state index in [1.165, 1.54) is 37.2 Å². The van der Waals surface area contributed by atoms with E-state index < -0.39 is 0 Å². The van der Waals surface area contributed by atoms with Gasteiger partial charge in [0, 0.05) is 31.4 Å². The van der Waals surface area contributed by atoms with Crippen molar-refractivity contribution >= 4 is 29.9 Å². The van der Waals surface area contributed by atoms with Gasteiger partial charge in [0.2, 0.25) is 0 Å². The molecule has 1 aliphatic rings. The molecular formula is C20H39IN6. The third-order valence-corrected chi connectivity index (χ3v) is 5.48. The van der Waals surface area contributed by atoms with E-state index >= 15 is 0 Å². The van der Waals surface area contributed by atoms with E-state index in [0.717, 1.165) is 37.6 Å². The number of nitrogens with one attached hydrogen (secondary N) is 2. The molecular weight excluding hydrogens is 451 g/mol. The van der Waals surface area contributed by atoms with Gasteiger partial charge in [-0.25, -0.2) is 0 Å². The summed E-state index contributed by atoms with van der Waals surface area (Å²) in [5.41, 5.74) is 3.71. The summed E-state index contributed by atoms with van der Waals surface area (Å²) in [4.78, 5) is 7.49. The zero-order valence-electron chi connectivity index (χ0n) is 18.0. The molecule has 0 saturated carbocycles. The summed E-state index contributed by atoms with van der Waals surface area (Å²) in [5.74, 6) is 0.928. The van der Waals surface area contributed by atoms with Crippen LogP contribution >= 0.6 is 24.0 Å². The number of aliphatic imine (C=N–C) groups is 1. The van der Waals surface area contributed by atoms with Gasteiger partial charge in [0.05, 0.1) is 12.2 Å². The molecule has 2 N–H and O–H groups in total. The topological polar surface area (TPSA) is 57.5 Å². The molecule has 0 aliphatic carbocycles. The van der Waals surface area contributed by atoms with Crippen molar-refractivity contribution in [3.63, 3.8) is 0 Å². The Hall–Kier alpha value is -0.830. The van der Waals surface area contributed by atoms with E-state index in [0.29, 0.717) is 12.1 Å². The highest BCUT2D eigenvalue weighted by Gasteiger charge is 2.20. The van der Waals surface area contributed by atoms with Gasteiger partial charge in [-0.15, -0.1) is 24.0 Å². The minimum atomic E-state index is 0. The lowest BCUT2D eigenvalue weighted by Gasteiger charge is -2.25. The van der Waals surface area contributed by atoms with Crippen LogP contribution in [0.25, 0.3) is 0 Å². The fraction of sp³-hybridized carbons (Fsp3) is 0.800. The molecule has 6 nitrogen and oxygen atoms in total. The van der Waals surface area contributed by atoms with Gasteiger partial charge >= 0.3 is 0 Å². The van der Waals surface area contributed by atoms with Crippen LogP contribution in [0.5, 0.6) is 0 Å². The predicted molar refractivity (Wildman–Crippen MR) is 125 cm³/mol. The molecule has 1 aliphatic heterocycles. The highest BCUT2D eigenvalue weighted by atomic mass is 127. The van der Waals surface area contributed by atoms with Crippen molar-refractivity contribution in [3.05, 3.63) is 17.0 Å². The van der Waals surface area contributed by atoms with Crippen molar-refractivity contribution in [1.82, 2.24) is 25.3 Å². The van der Waals surface area contributed by atoms with E-state index in [-0.39, 0.29) is 24.0 Å². The first-order valence-corrected chi connectivity index (χ1v) is 10.2. The average Bonchev–Trinajstić information content (AvgIpc) is 3.20. The number of halogens is 1. The van der Waals surface area contributed by atoms with E-state index in [4.69, 9.17) is 4.99 Å². The zero-order chi connectivity index (χ0) is 19.1. The van der Waals surface area contributed by atoms with Gasteiger partial charge < -0.3 is 10.6 Å². The molecule has 0 spiro atoms. The highest BCUT2D eigenvalue weighted by molar-refractivity contribution is 14.0. The Morgan fingerprint density at radius 2 is 1.89 bits per heavy atom. The molecule has 0 bridgehead atoms. The van der Waals surface area contributed by atoms with E-state index in [1.807, 2.05) is 11.7 Å². The molecule has 1 aromatic heterocycles. The second-order valence-electron chi connectivity index (χ2n) is 7.55. The standard InChI is InChI=1S/C20H38N6.HI/c1-7-18(26-11-9-10-12-26)14-22-20(21-8-2)23-15(3)13-19-16(4)24-25(6)17(19)5;/h15,18H,7-14H2,1-6H3,(H2,21,22,23);1H. The summed E-state index contributed by atoms with van der Waals surface area (Å²) in [5, 5.41) is 11.5. The SMILES string of the molecule is CCNC(=NCC(CC)N1CCCC1)NC(C)Cc1c(C)nn(C)c1C.I. The van der Waals surface area contributed by atoms with Crippen LogP contribution in [0.3, 0.4) is 0 Å². The average molecular weight is 490 g/mol. The molecule has 2 unspecified atom stereocenters. The van der Waals surface area contributed by atoms with Crippen LogP contribution < -0.4 is 10.6 Å². The summed E-state index contributed by atoms with van der Waals surface area (Å²) in [6.07, 6.45) is 4.78. The van der Waals surface area contributed by atoms with Crippen LogP contribution in [0.4, 0.5) is 0 Å². The largest absolute Gasteiger partial charge is 0.357 e. The number of hydrogen-bond acceptors (Lipinski definition) is 3. The second kappa shape index (κ2) is 11.9. The third-order valence-electron chi connectivity index (χ3n) is 5.48. The zero-order valence-corrected chi connectivity index (χ0v) is 20.3. The van der Waals surface area contributed by atoms with E-state index in [2.05, 4.69) is 55.3 Å². The van der Waals surface area contributed by atoms with Gasteiger partial charge in [-0.2, -0.15) is 5.10 Å². The smallest absolute Gasteiger partial charge is 0.191 e. The molecule has 156 valence electrons. The quantitative estimate of drug-likeness (QED) is 0.334. The fourth-order valence-corrected chi connectivity index (χ4v) is 3.83. The lowest BCUT2D eigenvalue weighted by molar-refractivity contribution is 0.242. The lowest BCUT2D eigenvalue weighted by Crippen LogP contribution is -2.44. The number of nitrogens with zero attached hydrogens (tertiary/aromatic N) is 4. The molecule has 0 aromatic carbocycles. The first-order valence-electron chi connectivity index (χ1n) is 10.2. The molecule has 0 radical (unpaired) electrons. The second-order valence-corrected chi connectivity index (χ2v) is 7.55. The van der Waals surface area contributed by atoms with E-state index in [9.17, 15) is 0 Å². The molecule has 2 heterocycles. The van der Waals surface area contributed by atoms with Gasteiger partial charge in [0.25, 0.3) is 0 Å². The maximum Gasteiger partial charge on any atom is 0.191 e. The van der Waals surface area contributed by atoms with Crippen LogP contribution in [-0.2, 0) is 13.5 Å². The van der Waals surface area contributed by atoms with Crippen molar-refractivity contribution < 1.29 is 0 Å². The summed E-state index contributed by atoms with van der Waals surface area (Å²) >= 11 is 0. The first kappa shape index (κ1) is 24.2. The Labute approximate surface area is 182 Å². The minimum Gasteiger partial charge on any atom is -0.357 e. The number of hydrogen-bond donors (Lipinski definition) is 2. The Bertz CT molecular complexity index is 592. The third kappa shape index (κ3) is 6.93. The van der Waals surface area contributed by atoms with Crippen molar-refractivity contribution in [1.29, 1.82) is 0 Å². The summed E-state index contributed by atoms with van der Waals surface area (Å²) in [6.45, 7) is 15.1. The molecule has 0 amide bonds. The van der Waals surface area contributed by atoms with Crippen LogP contribution in [0.15, 0.2) is 4.99 Å². The fourth-order valence-electron chi connectivity index (χ4n) is 3.83. The Kier molecular flexibility index (Phi) is 10.7. The first-order chi connectivity index (χ1) is 12.5. The molecule has 1 aromatic rings. The van der Waals surface area contributed by atoms with Crippen LogP contribution in [-0.4, -0.2) is 58.9 Å². The maximum absolute atomic E-state index is 4.89. The monoisotopic (exact) mass is 490 g/mol. The highest BCUT2D eigenvalue weighted by Crippen LogP contribution is 2.15. The molecule has 2 atom stereocenters. The Morgan fingerprint density at radius 3 is 2.41 bits per heavy atom. The molecule has 7 heteroatoms. The molecule has 1 fully saturated rings. The summed E-state index contributed by atoms with van der Waals surface area (Å²) in [6, 6.07) is 0.868. The van der Waals surface area contributed by atoms with E-state index in [1.54, 1.807) is 0 Å². The molecule has 2 rings (SSSR count). The predicted octanol–water partition coefficient (Wildman–Crippen LogP) is 3.02.